The summed E-state index contributed by atoms with van der Waals surface area (Å²) >= 11 is 7.31. The minimum atomic E-state index is -0.0685. The van der Waals surface area contributed by atoms with Gasteiger partial charge in [-0.15, -0.1) is 0 Å². The van der Waals surface area contributed by atoms with Crippen molar-refractivity contribution in [3.05, 3.63) is 53.2 Å². The van der Waals surface area contributed by atoms with E-state index < -0.39 is 0 Å². The monoisotopic (exact) mass is 292 g/mol. The fourth-order valence-electron chi connectivity index (χ4n) is 1.49. The van der Waals surface area contributed by atoms with E-state index in [0.29, 0.717) is 10.8 Å². The SMILES string of the molecule is Cc1ccc(Cl)cc1NC(=O)CSc1ccccn1. The predicted octanol–water partition coefficient (Wildman–Crippen LogP) is 3.77. The summed E-state index contributed by atoms with van der Waals surface area (Å²) in [4.78, 5) is 16.0. The Hall–Kier alpha value is -1.52. The summed E-state index contributed by atoms with van der Waals surface area (Å²) in [5, 5.41) is 4.29. The third kappa shape index (κ3) is 4.26. The number of halogens is 1. The van der Waals surface area contributed by atoms with Crippen LogP contribution in [-0.2, 0) is 4.79 Å². The molecule has 1 heterocycles. The number of amides is 1. The van der Waals surface area contributed by atoms with E-state index in [4.69, 9.17) is 11.6 Å². The Morgan fingerprint density at radius 2 is 2.21 bits per heavy atom. The van der Waals surface area contributed by atoms with Gasteiger partial charge in [0.2, 0.25) is 5.91 Å². The molecule has 19 heavy (non-hydrogen) atoms. The van der Waals surface area contributed by atoms with Gasteiger partial charge < -0.3 is 5.32 Å². The average molecular weight is 293 g/mol. The molecule has 1 aromatic carbocycles. The number of nitrogens with zero attached hydrogens (tertiary/aromatic N) is 1. The van der Waals surface area contributed by atoms with Crippen molar-refractivity contribution in [2.75, 3.05) is 11.1 Å². The minimum Gasteiger partial charge on any atom is -0.325 e. The van der Waals surface area contributed by atoms with Gasteiger partial charge in [0.1, 0.15) is 0 Å². The Morgan fingerprint density at radius 3 is 2.95 bits per heavy atom. The second-order valence-corrected chi connectivity index (χ2v) is 5.40. The second-order valence-electron chi connectivity index (χ2n) is 3.96. The van der Waals surface area contributed by atoms with Crippen molar-refractivity contribution in [1.82, 2.24) is 4.98 Å². The highest BCUT2D eigenvalue weighted by Gasteiger charge is 2.06. The molecule has 3 nitrogen and oxygen atoms in total. The number of thioether (sulfide) groups is 1. The highest BCUT2D eigenvalue weighted by molar-refractivity contribution is 7.99. The van der Waals surface area contributed by atoms with Crippen LogP contribution in [-0.4, -0.2) is 16.6 Å². The molecule has 1 amide bonds. The molecule has 0 radical (unpaired) electrons. The van der Waals surface area contributed by atoms with Crippen molar-refractivity contribution in [2.45, 2.75) is 11.9 Å². The molecule has 0 aliphatic rings. The molecule has 0 aliphatic heterocycles. The van der Waals surface area contributed by atoms with Crippen LogP contribution < -0.4 is 5.32 Å². The van der Waals surface area contributed by atoms with Crippen molar-refractivity contribution in [2.24, 2.45) is 0 Å². The number of anilines is 1. The van der Waals surface area contributed by atoms with Gasteiger partial charge in [-0.2, -0.15) is 0 Å². The van der Waals surface area contributed by atoms with Crippen LogP contribution in [0.3, 0.4) is 0 Å². The topological polar surface area (TPSA) is 42.0 Å². The van der Waals surface area contributed by atoms with Crippen LogP contribution in [0.2, 0.25) is 5.02 Å². The second kappa shape index (κ2) is 6.59. The molecule has 1 aromatic heterocycles. The number of hydrogen-bond donors (Lipinski definition) is 1. The Balaban J connectivity index is 1.93. The summed E-state index contributed by atoms with van der Waals surface area (Å²) in [6, 6.07) is 11.1. The third-order valence-corrected chi connectivity index (χ3v) is 3.64. The van der Waals surface area contributed by atoms with Crippen molar-refractivity contribution < 1.29 is 4.79 Å². The first-order chi connectivity index (χ1) is 9.15. The highest BCUT2D eigenvalue weighted by atomic mass is 35.5. The Bertz CT molecular complexity index is 575. The van der Waals surface area contributed by atoms with E-state index >= 15 is 0 Å². The van der Waals surface area contributed by atoms with Crippen LogP contribution in [0.25, 0.3) is 0 Å². The van der Waals surface area contributed by atoms with Gasteiger partial charge in [-0.1, -0.05) is 35.5 Å². The van der Waals surface area contributed by atoms with Crippen LogP contribution in [0.4, 0.5) is 5.69 Å². The quantitative estimate of drug-likeness (QED) is 0.872. The largest absolute Gasteiger partial charge is 0.325 e. The molecule has 0 fully saturated rings. The molecule has 2 aromatic rings. The number of hydrogen-bond acceptors (Lipinski definition) is 3. The number of carbonyl (C=O) groups is 1. The number of rotatable bonds is 4. The van der Waals surface area contributed by atoms with Crippen LogP contribution in [0.1, 0.15) is 5.56 Å². The first kappa shape index (κ1) is 13.9. The molecule has 5 heteroatoms. The maximum atomic E-state index is 11.8. The first-order valence-corrected chi connectivity index (χ1v) is 7.11. The van der Waals surface area contributed by atoms with Crippen molar-refractivity contribution in [3.8, 4) is 0 Å². The molecule has 0 unspecified atom stereocenters. The van der Waals surface area contributed by atoms with Gasteiger partial charge in [0, 0.05) is 16.9 Å². The summed E-state index contributed by atoms with van der Waals surface area (Å²) in [5.74, 6) is 0.254. The molecule has 2 rings (SSSR count). The highest BCUT2D eigenvalue weighted by Crippen LogP contribution is 2.21. The fraction of sp³-hybridized carbons (Fsp3) is 0.143. The smallest absolute Gasteiger partial charge is 0.234 e. The summed E-state index contributed by atoms with van der Waals surface area (Å²) in [5.41, 5.74) is 1.74. The van der Waals surface area contributed by atoms with E-state index in [1.54, 1.807) is 18.3 Å². The summed E-state index contributed by atoms with van der Waals surface area (Å²) in [6.07, 6.45) is 1.71. The molecule has 0 spiro atoms. The number of nitrogens with one attached hydrogen (secondary N) is 1. The lowest BCUT2D eigenvalue weighted by atomic mass is 10.2. The molecule has 1 N–H and O–H groups in total. The maximum Gasteiger partial charge on any atom is 0.234 e. The number of aryl methyl sites for hydroxylation is 1. The lowest BCUT2D eigenvalue weighted by Crippen LogP contribution is -2.14. The van der Waals surface area contributed by atoms with Crippen molar-refractivity contribution in [3.63, 3.8) is 0 Å². The zero-order valence-electron chi connectivity index (χ0n) is 10.4. The van der Waals surface area contributed by atoms with Gasteiger partial charge >= 0.3 is 0 Å². The van der Waals surface area contributed by atoms with E-state index in [2.05, 4.69) is 10.3 Å². The predicted molar refractivity (Wildman–Crippen MR) is 79.8 cm³/mol. The normalized spacial score (nSPS) is 10.2. The Kier molecular flexibility index (Phi) is 4.82. The number of aromatic nitrogens is 1. The molecule has 0 atom stereocenters. The standard InChI is InChI=1S/C14H13ClN2OS/c1-10-5-6-11(15)8-12(10)17-13(18)9-19-14-4-2-3-7-16-14/h2-8H,9H2,1H3,(H,17,18). The van der Waals surface area contributed by atoms with Crippen LogP contribution in [0, 0.1) is 6.92 Å². The summed E-state index contributed by atoms with van der Waals surface area (Å²) < 4.78 is 0. The van der Waals surface area contributed by atoms with E-state index in [0.717, 1.165) is 16.3 Å². The van der Waals surface area contributed by atoms with Crippen LogP contribution >= 0.6 is 23.4 Å². The fourth-order valence-corrected chi connectivity index (χ4v) is 2.32. The number of carbonyl (C=O) groups excluding carboxylic acids is 1. The molecule has 0 saturated carbocycles. The van der Waals surface area contributed by atoms with Gasteiger partial charge in [-0.25, -0.2) is 4.98 Å². The van der Waals surface area contributed by atoms with Crippen molar-refractivity contribution in [1.29, 1.82) is 0 Å². The van der Waals surface area contributed by atoms with Crippen molar-refractivity contribution >= 4 is 35.0 Å². The molecular formula is C14H13ClN2OS. The van der Waals surface area contributed by atoms with E-state index in [-0.39, 0.29) is 5.91 Å². The number of pyridine rings is 1. The molecule has 98 valence electrons. The lowest BCUT2D eigenvalue weighted by Gasteiger charge is -2.08. The molecular weight excluding hydrogens is 280 g/mol. The maximum absolute atomic E-state index is 11.8. The van der Waals surface area contributed by atoms with Gasteiger partial charge in [0.15, 0.2) is 0 Å². The van der Waals surface area contributed by atoms with E-state index in [1.807, 2.05) is 31.2 Å². The lowest BCUT2D eigenvalue weighted by molar-refractivity contribution is -0.113. The zero-order valence-corrected chi connectivity index (χ0v) is 12.0. The Morgan fingerprint density at radius 1 is 1.37 bits per heavy atom. The molecule has 0 bridgehead atoms. The first-order valence-electron chi connectivity index (χ1n) is 5.75. The minimum absolute atomic E-state index is 0.0685. The van der Waals surface area contributed by atoms with Gasteiger partial charge in [-0.05, 0) is 36.8 Å². The molecule has 0 saturated heterocycles. The van der Waals surface area contributed by atoms with Crippen LogP contribution in [0.15, 0.2) is 47.6 Å². The Labute approximate surface area is 121 Å². The number of benzene rings is 1. The van der Waals surface area contributed by atoms with Gasteiger partial charge in [0.25, 0.3) is 0 Å². The van der Waals surface area contributed by atoms with Gasteiger partial charge in [-0.3, -0.25) is 4.79 Å². The average Bonchev–Trinajstić information content (AvgIpc) is 2.42. The zero-order chi connectivity index (χ0) is 13.7. The third-order valence-electron chi connectivity index (χ3n) is 2.46. The molecule has 0 aliphatic carbocycles. The van der Waals surface area contributed by atoms with E-state index in [9.17, 15) is 4.79 Å². The summed E-state index contributed by atoms with van der Waals surface area (Å²) in [7, 11) is 0. The summed E-state index contributed by atoms with van der Waals surface area (Å²) in [6.45, 7) is 1.93. The van der Waals surface area contributed by atoms with E-state index in [1.165, 1.54) is 11.8 Å². The van der Waals surface area contributed by atoms with Gasteiger partial charge in [0.05, 0.1) is 10.8 Å². The van der Waals surface area contributed by atoms with Crippen LogP contribution in [0.5, 0.6) is 0 Å².